The van der Waals surface area contributed by atoms with Crippen LogP contribution < -0.4 is 10.6 Å². The monoisotopic (exact) mass is 372 g/mol. The van der Waals surface area contributed by atoms with E-state index in [0.717, 1.165) is 70.7 Å². The van der Waals surface area contributed by atoms with Crippen LogP contribution in [0.3, 0.4) is 0 Å². The summed E-state index contributed by atoms with van der Waals surface area (Å²) in [6.07, 6.45) is 6.03. The number of rotatable bonds is 11. The lowest BCUT2D eigenvalue weighted by Crippen LogP contribution is -2.39. The molecule has 150 valence electrons. The first kappa shape index (κ1) is 20.2. The molecule has 2 aliphatic rings. The molecule has 0 unspecified atom stereocenters. The van der Waals surface area contributed by atoms with E-state index in [-0.39, 0.29) is 0 Å². The van der Waals surface area contributed by atoms with Crippen molar-refractivity contribution in [2.75, 3.05) is 45.9 Å². The molecular formula is C22H36N4O. The van der Waals surface area contributed by atoms with Gasteiger partial charge < -0.3 is 15.4 Å². The Labute approximate surface area is 164 Å². The van der Waals surface area contributed by atoms with Crippen LogP contribution in [0.5, 0.6) is 0 Å². The molecule has 0 amide bonds. The summed E-state index contributed by atoms with van der Waals surface area (Å²) in [5, 5.41) is 6.81. The van der Waals surface area contributed by atoms with Crippen LogP contribution in [0, 0.1) is 5.92 Å². The van der Waals surface area contributed by atoms with Gasteiger partial charge in [0.2, 0.25) is 0 Å². The van der Waals surface area contributed by atoms with Gasteiger partial charge in [-0.1, -0.05) is 24.3 Å². The van der Waals surface area contributed by atoms with E-state index in [4.69, 9.17) is 4.74 Å². The summed E-state index contributed by atoms with van der Waals surface area (Å²) < 4.78 is 5.67. The molecule has 1 aliphatic heterocycles. The van der Waals surface area contributed by atoms with Crippen molar-refractivity contribution < 1.29 is 4.74 Å². The minimum atomic E-state index is 0.822. The molecule has 2 N–H and O–H groups in total. The average molecular weight is 373 g/mol. The van der Waals surface area contributed by atoms with Gasteiger partial charge in [0.15, 0.2) is 5.96 Å². The number of nitrogens with one attached hydrogen (secondary N) is 2. The SMILES string of the molecule is CCNC(=NCCCOCC1CC1)NCCCN1CCc2ccccc2C1. The molecule has 1 aromatic carbocycles. The predicted octanol–water partition coefficient (Wildman–Crippen LogP) is 2.81. The van der Waals surface area contributed by atoms with Crippen LogP contribution in [-0.2, 0) is 17.7 Å². The number of fused-ring (bicyclic) bond motifs is 1. The molecule has 1 aliphatic carbocycles. The second-order valence-corrected chi connectivity index (χ2v) is 7.71. The summed E-state index contributed by atoms with van der Waals surface area (Å²) in [7, 11) is 0. The molecule has 0 aromatic heterocycles. The number of guanidine groups is 1. The third-order valence-electron chi connectivity index (χ3n) is 5.26. The lowest BCUT2D eigenvalue weighted by Gasteiger charge is -2.28. The molecule has 5 nitrogen and oxygen atoms in total. The molecule has 0 radical (unpaired) electrons. The number of benzene rings is 1. The zero-order valence-electron chi connectivity index (χ0n) is 16.9. The number of hydrogen-bond donors (Lipinski definition) is 2. The quantitative estimate of drug-likeness (QED) is 0.356. The standard InChI is InChI=1S/C22H36N4O/c1-2-23-22(25-13-6-16-27-18-19-9-10-19)24-12-5-14-26-15-11-20-7-3-4-8-21(20)17-26/h3-4,7-8,19H,2,5-6,9-18H2,1H3,(H2,23,24,25). The van der Waals surface area contributed by atoms with E-state index in [1.807, 2.05) is 0 Å². The van der Waals surface area contributed by atoms with Gasteiger partial charge in [0.25, 0.3) is 0 Å². The Balaban J connectivity index is 1.28. The molecule has 0 atom stereocenters. The Bertz CT molecular complexity index is 585. The van der Waals surface area contributed by atoms with Gasteiger partial charge in [0, 0.05) is 52.5 Å². The van der Waals surface area contributed by atoms with Crippen LogP contribution in [0.15, 0.2) is 29.3 Å². The predicted molar refractivity (Wildman–Crippen MR) is 112 cm³/mol. The molecule has 1 aromatic rings. The lowest BCUT2D eigenvalue weighted by atomic mass is 10.00. The van der Waals surface area contributed by atoms with Crippen LogP contribution in [-0.4, -0.2) is 56.8 Å². The summed E-state index contributed by atoms with van der Waals surface area (Å²) in [4.78, 5) is 7.22. The smallest absolute Gasteiger partial charge is 0.191 e. The van der Waals surface area contributed by atoms with Crippen LogP contribution in [0.2, 0.25) is 0 Å². The van der Waals surface area contributed by atoms with Crippen LogP contribution >= 0.6 is 0 Å². The fraction of sp³-hybridized carbons (Fsp3) is 0.682. The summed E-state index contributed by atoms with van der Waals surface area (Å²) in [5.41, 5.74) is 3.02. The van der Waals surface area contributed by atoms with Crippen molar-refractivity contribution in [3.8, 4) is 0 Å². The maximum absolute atomic E-state index is 5.67. The first-order chi connectivity index (χ1) is 13.3. The zero-order valence-corrected chi connectivity index (χ0v) is 16.9. The Morgan fingerprint density at radius 2 is 2.04 bits per heavy atom. The molecule has 0 bridgehead atoms. The third kappa shape index (κ3) is 7.51. The summed E-state index contributed by atoms with van der Waals surface area (Å²) in [6.45, 7) is 9.96. The highest BCUT2D eigenvalue weighted by atomic mass is 16.5. The minimum absolute atomic E-state index is 0.822. The van der Waals surface area contributed by atoms with E-state index in [9.17, 15) is 0 Å². The highest BCUT2D eigenvalue weighted by Crippen LogP contribution is 2.28. The highest BCUT2D eigenvalue weighted by molar-refractivity contribution is 5.79. The Kier molecular flexibility index (Phi) is 8.43. The van der Waals surface area contributed by atoms with E-state index >= 15 is 0 Å². The van der Waals surface area contributed by atoms with Gasteiger partial charge in [-0.15, -0.1) is 0 Å². The van der Waals surface area contributed by atoms with Gasteiger partial charge in [-0.3, -0.25) is 9.89 Å². The van der Waals surface area contributed by atoms with E-state index in [1.165, 1.54) is 36.9 Å². The van der Waals surface area contributed by atoms with Crippen molar-refractivity contribution in [3.63, 3.8) is 0 Å². The first-order valence-electron chi connectivity index (χ1n) is 10.7. The largest absolute Gasteiger partial charge is 0.381 e. The van der Waals surface area contributed by atoms with Gasteiger partial charge >= 0.3 is 0 Å². The maximum Gasteiger partial charge on any atom is 0.191 e. The van der Waals surface area contributed by atoms with Crippen LogP contribution in [0.25, 0.3) is 0 Å². The van der Waals surface area contributed by atoms with Crippen molar-refractivity contribution in [3.05, 3.63) is 35.4 Å². The molecule has 3 rings (SSSR count). The molecule has 0 saturated heterocycles. The van der Waals surface area contributed by atoms with Crippen molar-refractivity contribution in [1.82, 2.24) is 15.5 Å². The molecule has 1 fully saturated rings. The Morgan fingerprint density at radius 3 is 2.85 bits per heavy atom. The highest BCUT2D eigenvalue weighted by Gasteiger charge is 2.20. The fourth-order valence-electron chi connectivity index (χ4n) is 3.49. The maximum atomic E-state index is 5.67. The van der Waals surface area contributed by atoms with Gasteiger partial charge in [0.1, 0.15) is 0 Å². The average Bonchev–Trinajstić information content (AvgIpc) is 3.52. The number of aliphatic imine (C=N–C) groups is 1. The zero-order chi connectivity index (χ0) is 18.7. The van der Waals surface area contributed by atoms with E-state index < -0.39 is 0 Å². The van der Waals surface area contributed by atoms with E-state index in [1.54, 1.807) is 0 Å². The number of nitrogens with zero attached hydrogens (tertiary/aromatic N) is 2. The van der Waals surface area contributed by atoms with Crippen molar-refractivity contribution >= 4 is 5.96 Å². The van der Waals surface area contributed by atoms with Crippen LogP contribution in [0.4, 0.5) is 0 Å². The van der Waals surface area contributed by atoms with E-state index in [2.05, 4.69) is 51.7 Å². The molecule has 1 saturated carbocycles. The topological polar surface area (TPSA) is 48.9 Å². The summed E-state index contributed by atoms with van der Waals surface area (Å²) in [6, 6.07) is 8.84. The fourth-order valence-corrected chi connectivity index (χ4v) is 3.49. The van der Waals surface area contributed by atoms with Crippen molar-refractivity contribution in [2.45, 2.75) is 45.6 Å². The van der Waals surface area contributed by atoms with Gasteiger partial charge in [-0.05, 0) is 56.1 Å². The molecule has 0 spiro atoms. The number of hydrogen-bond acceptors (Lipinski definition) is 3. The van der Waals surface area contributed by atoms with Gasteiger partial charge in [-0.2, -0.15) is 0 Å². The van der Waals surface area contributed by atoms with Gasteiger partial charge in [0.05, 0.1) is 0 Å². The van der Waals surface area contributed by atoms with Gasteiger partial charge in [-0.25, -0.2) is 0 Å². The van der Waals surface area contributed by atoms with Crippen molar-refractivity contribution in [1.29, 1.82) is 0 Å². The van der Waals surface area contributed by atoms with Crippen molar-refractivity contribution in [2.24, 2.45) is 10.9 Å². The molecule has 27 heavy (non-hydrogen) atoms. The molecule has 5 heteroatoms. The minimum Gasteiger partial charge on any atom is -0.381 e. The molecular weight excluding hydrogens is 336 g/mol. The first-order valence-corrected chi connectivity index (χ1v) is 10.7. The van der Waals surface area contributed by atoms with E-state index in [0.29, 0.717) is 0 Å². The number of ether oxygens (including phenoxy) is 1. The van der Waals surface area contributed by atoms with Crippen LogP contribution in [0.1, 0.15) is 43.7 Å². The lowest BCUT2D eigenvalue weighted by molar-refractivity contribution is 0.123. The third-order valence-corrected chi connectivity index (χ3v) is 5.26. The Hall–Kier alpha value is -1.59. The Morgan fingerprint density at radius 1 is 1.19 bits per heavy atom. The summed E-state index contributed by atoms with van der Waals surface area (Å²) >= 11 is 0. The molecule has 1 heterocycles. The normalized spacial score (nSPS) is 17.6. The summed E-state index contributed by atoms with van der Waals surface area (Å²) in [5.74, 6) is 1.78. The second kappa shape index (κ2) is 11.3. The second-order valence-electron chi connectivity index (χ2n) is 7.71.